The first-order chi connectivity index (χ1) is 10.9. The Morgan fingerprint density at radius 2 is 1.83 bits per heavy atom. The Morgan fingerprint density at radius 3 is 2.48 bits per heavy atom. The summed E-state index contributed by atoms with van der Waals surface area (Å²) in [5.41, 5.74) is 1.34. The summed E-state index contributed by atoms with van der Waals surface area (Å²) in [7, 11) is 0. The summed E-state index contributed by atoms with van der Waals surface area (Å²) in [5, 5.41) is 4.30. The van der Waals surface area contributed by atoms with Crippen LogP contribution in [-0.2, 0) is 4.79 Å². The van der Waals surface area contributed by atoms with Crippen LogP contribution in [0.4, 0.5) is 5.69 Å². The number of carbonyl (C=O) groups is 1. The van der Waals surface area contributed by atoms with E-state index in [1.807, 2.05) is 13.8 Å². The fraction of sp³-hybridized carbons (Fsp3) is 0.235. The van der Waals surface area contributed by atoms with Crippen LogP contribution in [0.5, 0.6) is 5.75 Å². The van der Waals surface area contributed by atoms with Crippen LogP contribution in [0.1, 0.15) is 18.9 Å². The molecule has 0 aromatic heterocycles. The van der Waals surface area contributed by atoms with E-state index in [-0.39, 0.29) is 5.91 Å². The number of amides is 1. The van der Waals surface area contributed by atoms with Crippen LogP contribution in [0.3, 0.4) is 0 Å². The van der Waals surface area contributed by atoms with Gasteiger partial charge in [-0.05, 0) is 55.3 Å². The summed E-state index contributed by atoms with van der Waals surface area (Å²) in [5.74, 6) is 0.301. The van der Waals surface area contributed by atoms with E-state index >= 15 is 0 Å². The molecule has 0 heterocycles. The average Bonchev–Trinajstić information content (AvgIpc) is 2.51. The molecule has 0 spiro atoms. The Balaban J connectivity index is 2.11. The maximum atomic E-state index is 12.4. The van der Waals surface area contributed by atoms with Crippen LogP contribution < -0.4 is 10.1 Å². The van der Waals surface area contributed by atoms with Crippen LogP contribution in [0.25, 0.3) is 0 Å². The number of rotatable bonds is 5. The van der Waals surface area contributed by atoms with E-state index in [1.165, 1.54) is 0 Å². The summed E-state index contributed by atoms with van der Waals surface area (Å²) >= 11 is 18.0. The van der Waals surface area contributed by atoms with E-state index in [1.54, 1.807) is 36.4 Å². The van der Waals surface area contributed by atoms with Gasteiger partial charge >= 0.3 is 0 Å². The minimum Gasteiger partial charge on any atom is -0.481 e. The van der Waals surface area contributed by atoms with Gasteiger partial charge in [-0.25, -0.2) is 0 Å². The molecule has 0 bridgehead atoms. The lowest BCUT2D eigenvalue weighted by Gasteiger charge is -2.18. The molecule has 2 aromatic carbocycles. The van der Waals surface area contributed by atoms with Crippen LogP contribution in [-0.4, -0.2) is 12.0 Å². The first-order valence-corrected chi connectivity index (χ1v) is 8.22. The molecule has 3 nitrogen and oxygen atoms in total. The number of halogens is 3. The minimum absolute atomic E-state index is 0.288. The normalized spacial score (nSPS) is 11.9. The lowest BCUT2D eigenvalue weighted by molar-refractivity contribution is -0.122. The predicted octanol–water partition coefficient (Wildman–Crippen LogP) is 5.75. The zero-order valence-corrected chi connectivity index (χ0v) is 15.0. The van der Waals surface area contributed by atoms with Crippen LogP contribution in [0, 0.1) is 6.92 Å². The van der Waals surface area contributed by atoms with Gasteiger partial charge in [-0.15, -0.1) is 0 Å². The van der Waals surface area contributed by atoms with Gasteiger partial charge in [0.2, 0.25) is 0 Å². The van der Waals surface area contributed by atoms with Crippen molar-refractivity contribution in [2.24, 2.45) is 0 Å². The molecule has 0 aliphatic rings. The monoisotopic (exact) mass is 371 g/mol. The molecule has 0 saturated carbocycles. The van der Waals surface area contributed by atoms with Gasteiger partial charge in [0.05, 0.1) is 10.7 Å². The molecule has 0 saturated heterocycles. The molecule has 2 rings (SSSR count). The highest BCUT2D eigenvalue weighted by Gasteiger charge is 2.20. The molecule has 122 valence electrons. The third kappa shape index (κ3) is 4.77. The van der Waals surface area contributed by atoms with Gasteiger partial charge in [-0.2, -0.15) is 0 Å². The van der Waals surface area contributed by atoms with E-state index in [2.05, 4.69) is 5.32 Å². The van der Waals surface area contributed by atoms with Gasteiger partial charge in [0, 0.05) is 10.0 Å². The van der Waals surface area contributed by atoms with Gasteiger partial charge in [-0.3, -0.25) is 4.79 Å². The predicted molar refractivity (Wildman–Crippen MR) is 96.0 cm³/mol. The fourth-order valence-electron chi connectivity index (χ4n) is 1.98. The molecule has 1 N–H and O–H groups in total. The molecule has 1 amide bonds. The highest BCUT2D eigenvalue weighted by molar-refractivity contribution is 6.35. The number of anilines is 1. The van der Waals surface area contributed by atoms with Gasteiger partial charge in [0.1, 0.15) is 5.75 Å². The van der Waals surface area contributed by atoms with Crippen LogP contribution in [0.2, 0.25) is 15.1 Å². The topological polar surface area (TPSA) is 38.3 Å². The molecule has 6 heteroatoms. The largest absolute Gasteiger partial charge is 0.481 e. The third-order valence-electron chi connectivity index (χ3n) is 3.26. The second-order valence-electron chi connectivity index (χ2n) is 5.04. The van der Waals surface area contributed by atoms with E-state index < -0.39 is 6.10 Å². The maximum Gasteiger partial charge on any atom is 0.265 e. The van der Waals surface area contributed by atoms with Crippen molar-refractivity contribution in [3.8, 4) is 5.75 Å². The van der Waals surface area contributed by atoms with Crippen LogP contribution >= 0.6 is 34.8 Å². The second kappa shape index (κ2) is 7.91. The summed E-state index contributed by atoms with van der Waals surface area (Å²) < 4.78 is 5.76. The quantitative estimate of drug-likeness (QED) is 0.725. The maximum absolute atomic E-state index is 12.4. The van der Waals surface area contributed by atoms with E-state index in [9.17, 15) is 4.79 Å². The van der Waals surface area contributed by atoms with E-state index in [0.29, 0.717) is 32.9 Å². The smallest absolute Gasteiger partial charge is 0.265 e. The highest BCUT2D eigenvalue weighted by atomic mass is 35.5. The lowest BCUT2D eigenvalue weighted by Crippen LogP contribution is -2.32. The number of carbonyl (C=O) groups excluding carboxylic acids is 1. The Hall–Kier alpha value is -1.42. The fourth-order valence-corrected chi connectivity index (χ4v) is 2.44. The van der Waals surface area contributed by atoms with Crippen molar-refractivity contribution in [1.82, 2.24) is 0 Å². The van der Waals surface area contributed by atoms with Crippen molar-refractivity contribution >= 4 is 46.4 Å². The first-order valence-electron chi connectivity index (χ1n) is 7.09. The van der Waals surface area contributed by atoms with Gasteiger partial charge < -0.3 is 10.1 Å². The Kier molecular flexibility index (Phi) is 6.17. The number of hydrogen-bond acceptors (Lipinski definition) is 2. The van der Waals surface area contributed by atoms with Crippen molar-refractivity contribution in [2.75, 3.05) is 5.32 Å². The molecule has 1 unspecified atom stereocenters. The zero-order chi connectivity index (χ0) is 17.0. The standard InChI is InChI=1S/C17H16Cl3NO2/c1-3-16(23-12-5-7-13(19)10(2)8-12)17(22)21-15-9-11(18)4-6-14(15)20/h4-9,16H,3H2,1-2H3,(H,21,22). The van der Waals surface area contributed by atoms with Gasteiger partial charge in [-0.1, -0.05) is 41.7 Å². The van der Waals surface area contributed by atoms with Crippen molar-refractivity contribution in [1.29, 1.82) is 0 Å². The SMILES string of the molecule is CCC(Oc1ccc(Cl)c(C)c1)C(=O)Nc1cc(Cl)ccc1Cl. The molecule has 1 atom stereocenters. The van der Waals surface area contributed by atoms with Crippen molar-refractivity contribution in [3.63, 3.8) is 0 Å². The number of benzene rings is 2. The molecule has 23 heavy (non-hydrogen) atoms. The molecule has 0 radical (unpaired) electrons. The molecule has 0 aliphatic heterocycles. The lowest BCUT2D eigenvalue weighted by atomic mass is 10.2. The Labute approximate surface area is 150 Å². The number of ether oxygens (including phenoxy) is 1. The molecule has 0 aliphatic carbocycles. The summed E-state index contributed by atoms with van der Waals surface area (Å²) in [6.45, 7) is 3.74. The first kappa shape index (κ1) is 17.9. The number of hydrogen-bond donors (Lipinski definition) is 1. The summed E-state index contributed by atoms with van der Waals surface area (Å²) in [6, 6.07) is 10.2. The number of aryl methyl sites for hydroxylation is 1. The van der Waals surface area contributed by atoms with Gasteiger partial charge in [0.15, 0.2) is 6.10 Å². The Morgan fingerprint density at radius 1 is 1.13 bits per heavy atom. The average molecular weight is 373 g/mol. The Bertz CT molecular complexity index is 719. The van der Waals surface area contributed by atoms with Crippen molar-refractivity contribution in [3.05, 3.63) is 57.0 Å². The molecule has 0 fully saturated rings. The summed E-state index contributed by atoms with van der Waals surface area (Å²) in [6.07, 6.45) is -0.142. The minimum atomic E-state index is -0.648. The van der Waals surface area contributed by atoms with Gasteiger partial charge in [0.25, 0.3) is 5.91 Å². The van der Waals surface area contributed by atoms with E-state index in [0.717, 1.165) is 5.56 Å². The zero-order valence-electron chi connectivity index (χ0n) is 12.7. The molecular weight excluding hydrogens is 357 g/mol. The second-order valence-corrected chi connectivity index (χ2v) is 6.29. The molecular formula is C17H16Cl3NO2. The van der Waals surface area contributed by atoms with E-state index in [4.69, 9.17) is 39.5 Å². The highest BCUT2D eigenvalue weighted by Crippen LogP contribution is 2.26. The van der Waals surface area contributed by atoms with Crippen molar-refractivity contribution < 1.29 is 9.53 Å². The summed E-state index contributed by atoms with van der Waals surface area (Å²) in [4.78, 5) is 12.4. The number of nitrogens with one attached hydrogen (secondary N) is 1. The van der Waals surface area contributed by atoms with Crippen LogP contribution in [0.15, 0.2) is 36.4 Å². The molecule has 2 aromatic rings. The van der Waals surface area contributed by atoms with Crippen molar-refractivity contribution in [2.45, 2.75) is 26.4 Å². The third-order valence-corrected chi connectivity index (χ3v) is 4.25.